The highest BCUT2D eigenvalue weighted by atomic mass is 19.4. The van der Waals surface area contributed by atoms with Gasteiger partial charge >= 0.3 is 6.30 Å². The van der Waals surface area contributed by atoms with Gasteiger partial charge in [-0.2, -0.15) is 23.5 Å². The second-order valence-corrected chi connectivity index (χ2v) is 11.9. The molecule has 4 saturated heterocycles. The van der Waals surface area contributed by atoms with Crippen molar-refractivity contribution in [2.75, 3.05) is 64.4 Å². The molecule has 0 spiro atoms. The molecule has 0 aromatic carbocycles. The minimum atomic E-state index is -4.29. The molecule has 14 heteroatoms. The van der Waals surface area contributed by atoms with E-state index in [2.05, 4.69) is 32.0 Å². The normalized spacial score (nSPS) is 20.8. The van der Waals surface area contributed by atoms with E-state index >= 15 is 0 Å². The van der Waals surface area contributed by atoms with Crippen molar-refractivity contribution in [3.8, 4) is 28.8 Å². The molecule has 8 heterocycles. The van der Waals surface area contributed by atoms with Crippen LogP contribution in [-0.2, 0) is 6.54 Å². The SMILES string of the molecule is COc1ccc(CN2C3CC2CN(c2ccc(-c4cc(OCCN5CCN(C(F)(F)F)CC5)cn5ncc(C#N)c45)cn2)C3)cn1. The van der Waals surface area contributed by atoms with Crippen LogP contribution in [0.5, 0.6) is 11.6 Å². The third-order valence-corrected chi connectivity index (χ3v) is 9.21. The third-order valence-electron chi connectivity index (χ3n) is 9.21. The first-order valence-electron chi connectivity index (χ1n) is 15.3. The third kappa shape index (κ3) is 6.05. The second-order valence-electron chi connectivity index (χ2n) is 11.9. The summed E-state index contributed by atoms with van der Waals surface area (Å²) in [6, 6.07) is 13.0. The highest BCUT2D eigenvalue weighted by Crippen LogP contribution is 2.36. The van der Waals surface area contributed by atoms with Gasteiger partial charge < -0.3 is 14.4 Å². The fourth-order valence-electron chi connectivity index (χ4n) is 6.70. The molecule has 0 N–H and O–H groups in total. The van der Waals surface area contributed by atoms with Crippen molar-refractivity contribution in [3.05, 3.63) is 66.2 Å². The molecule has 4 aliphatic heterocycles. The van der Waals surface area contributed by atoms with Gasteiger partial charge in [-0.25, -0.2) is 19.4 Å². The van der Waals surface area contributed by atoms with E-state index in [0.717, 1.165) is 36.6 Å². The number of pyridine rings is 3. The maximum Gasteiger partial charge on any atom is 0.460 e. The zero-order valence-electron chi connectivity index (χ0n) is 25.4. The number of halogens is 3. The van der Waals surface area contributed by atoms with E-state index in [9.17, 15) is 18.4 Å². The molecule has 4 fully saturated rings. The summed E-state index contributed by atoms with van der Waals surface area (Å²) < 4.78 is 51.7. The van der Waals surface area contributed by atoms with Crippen molar-refractivity contribution < 1.29 is 22.6 Å². The predicted molar refractivity (Wildman–Crippen MR) is 163 cm³/mol. The molecule has 240 valence electrons. The lowest BCUT2D eigenvalue weighted by Gasteiger charge is -2.56. The van der Waals surface area contributed by atoms with Gasteiger partial charge in [0.15, 0.2) is 0 Å². The number of hydrogen-bond donors (Lipinski definition) is 0. The first-order valence-corrected chi connectivity index (χ1v) is 15.3. The molecule has 4 aromatic heterocycles. The van der Waals surface area contributed by atoms with Crippen molar-refractivity contribution in [2.45, 2.75) is 31.3 Å². The molecule has 0 saturated carbocycles. The number of nitrogens with zero attached hydrogens (tertiary/aromatic N) is 9. The second kappa shape index (κ2) is 12.4. The topological polar surface area (TPSA) is 98.3 Å². The summed E-state index contributed by atoms with van der Waals surface area (Å²) in [5.74, 6) is 2.08. The van der Waals surface area contributed by atoms with E-state index in [1.165, 1.54) is 18.2 Å². The maximum absolute atomic E-state index is 12.9. The van der Waals surface area contributed by atoms with Crippen LogP contribution in [-0.4, -0.2) is 112 Å². The molecule has 8 rings (SSSR count). The zero-order chi connectivity index (χ0) is 31.8. The Kier molecular flexibility index (Phi) is 8.14. The van der Waals surface area contributed by atoms with Crippen LogP contribution in [0.2, 0.25) is 0 Å². The standard InChI is InChI=1S/C32H34F3N9O2/c1-45-30-5-2-22(15-38-30)18-43-25-12-26(43)20-41(19-25)29-4-3-23(16-37-29)28-13-27(21-44-31(28)24(14-36)17-39-44)46-11-10-40-6-8-42(9-7-40)32(33,34)35/h2-5,13,15-17,21,25-26H,6-12,18-20H2,1H3. The number of fused-ring (bicyclic) bond motifs is 3. The monoisotopic (exact) mass is 633 g/mol. The van der Waals surface area contributed by atoms with Gasteiger partial charge in [-0.3, -0.25) is 9.80 Å². The zero-order valence-corrected chi connectivity index (χ0v) is 25.4. The lowest BCUT2D eigenvalue weighted by molar-refractivity contribution is -0.252. The lowest BCUT2D eigenvalue weighted by Crippen LogP contribution is -2.68. The van der Waals surface area contributed by atoms with Crippen LogP contribution in [0.3, 0.4) is 0 Å². The smallest absolute Gasteiger partial charge is 0.460 e. The largest absolute Gasteiger partial charge is 0.491 e. The van der Waals surface area contributed by atoms with E-state index in [1.807, 2.05) is 41.6 Å². The van der Waals surface area contributed by atoms with Crippen molar-refractivity contribution in [1.29, 1.82) is 5.26 Å². The number of methoxy groups -OCH3 is 1. The van der Waals surface area contributed by atoms with Crippen LogP contribution in [0.15, 0.2) is 55.1 Å². The lowest BCUT2D eigenvalue weighted by atomic mass is 9.87. The van der Waals surface area contributed by atoms with Crippen molar-refractivity contribution in [1.82, 2.24) is 34.3 Å². The number of aromatic nitrogens is 4. The molecule has 0 radical (unpaired) electrons. The summed E-state index contributed by atoms with van der Waals surface area (Å²) in [5, 5.41) is 14.1. The number of alkyl halides is 3. The molecule has 0 amide bonds. The summed E-state index contributed by atoms with van der Waals surface area (Å²) >= 11 is 0. The molecular formula is C32H34F3N9O2. The number of anilines is 1. The molecule has 2 atom stereocenters. The molecule has 4 aliphatic rings. The van der Waals surface area contributed by atoms with Crippen LogP contribution in [0.4, 0.5) is 19.0 Å². The molecular weight excluding hydrogens is 599 g/mol. The Balaban J connectivity index is 1.01. The van der Waals surface area contributed by atoms with Crippen molar-refractivity contribution in [3.63, 3.8) is 0 Å². The van der Waals surface area contributed by atoms with E-state index < -0.39 is 6.30 Å². The van der Waals surface area contributed by atoms with Crippen molar-refractivity contribution in [2.24, 2.45) is 0 Å². The van der Waals surface area contributed by atoms with Crippen LogP contribution < -0.4 is 14.4 Å². The first kappa shape index (κ1) is 30.2. The maximum atomic E-state index is 12.9. The van der Waals surface area contributed by atoms with E-state index in [0.29, 0.717) is 65.9 Å². The van der Waals surface area contributed by atoms with Gasteiger partial charge in [0.2, 0.25) is 5.88 Å². The number of piperazine rings is 2. The Labute approximate surface area is 264 Å². The average molecular weight is 634 g/mol. The van der Waals surface area contributed by atoms with Gasteiger partial charge in [0.25, 0.3) is 0 Å². The molecule has 0 aliphatic carbocycles. The Morgan fingerprint density at radius 1 is 1.00 bits per heavy atom. The molecule has 46 heavy (non-hydrogen) atoms. The molecule has 2 bridgehead atoms. The van der Waals surface area contributed by atoms with Gasteiger partial charge in [-0.15, -0.1) is 0 Å². The average Bonchev–Trinajstić information content (AvgIpc) is 3.50. The summed E-state index contributed by atoms with van der Waals surface area (Å²) in [4.78, 5) is 16.5. The molecule has 4 aromatic rings. The Morgan fingerprint density at radius 3 is 2.46 bits per heavy atom. The minimum absolute atomic E-state index is 0.0504. The van der Waals surface area contributed by atoms with Crippen molar-refractivity contribution >= 4 is 11.3 Å². The van der Waals surface area contributed by atoms with Crippen LogP contribution >= 0.6 is 0 Å². The van der Waals surface area contributed by atoms with Gasteiger partial charge in [0, 0.05) is 94.0 Å². The van der Waals surface area contributed by atoms with E-state index in [-0.39, 0.29) is 13.1 Å². The minimum Gasteiger partial charge on any atom is -0.491 e. The van der Waals surface area contributed by atoms with Gasteiger partial charge in [0.05, 0.1) is 30.6 Å². The highest BCUT2D eigenvalue weighted by Gasteiger charge is 2.44. The Hall–Kier alpha value is -4.45. The Morgan fingerprint density at radius 2 is 1.80 bits per heavy atom. The summed E-state index contributed by atoms with van der Waals surface area (Å²) in [7, 11) is 1.62. The van der Waals surface area contributed by atoms with Gasteiger partial charge in [-0.1, -0.05) is 6.07 Å². The fraction of sp³-hybridized carbons (Fsp3) is 0.438. The number of nitriles is 1. The molecule has 11 nitrogen and oxygen atoms in total. The van der Waals surface area contributed by atoms with Crippen LogP contribution in [0.25, 0.3) is 16.6 Å². The van der Waals surface area contributed by atoms with Crippen LogP contribution in [0.1, 0.15) is 17.5 Å². The predicted octanol–water partition coefficient (Wildman–Crippen LogP) is 3.65. The Bertz CT molecular complexity index is 1700. The van der Waals surface area contributed by atoms with Crippen LogP contribution in [0, 0.1) is 11.3 Å². The number of piperidine rings is 1. The molecule has 2 unspecified atom stereocenters. The summed E-state index contributed by atoms with van der Waals surface area (Å²) in [6.45, 7) is 4.02. The summed E-state index contributed by atoms with van der Waals surface area (Å²) in [5.41, 5.74) is 3.87. The fourth-order valence-corrected chi connectivity index (χ4v) is 6.70. The summed E-state index contributed by atoms with van der Waals surface area (Å²) in [6.07, 6.45) is 3.83. The highest BCUT2D eigenvalue weighted by molar-refractivity contribution is 5.85. The van der Waals surface area contributed by atoms with E-state index in [4.69, 9.17) is 14.5 Å². The first-order chi connectivity index (χ1) is 22.3. The van der Waals surface area contributed by atoms with E-state index in [1.54, 1.807) is 17.8 Å². The number of hydrogen-bond acceptors (Lipinski definition) is 10. The van der Waals surface area contributed by atoms with Gasteiger partial charge in [-0.05, 0) is 30.2 Å². The van der Waals surface area contributed by atoms with Gasteiger partial charge in [0.1, 0.15) is 24.2 Å². The number of ether oxygens (including phenoxy) is 2. The number of rotatable bonds is 9. The quantitative estimate of drug-likeness (QED) is 0.254.